The Morgan fingerprint density at radius 2 is 1.94 bits per heavy atom. The average molecular weight is 249 g/mol. The molecule has 0 aromatic carbocycles. The predicted molar refractivity (Wildman–Crippen MR) is 60.2 cm³/mol. The van der Waals surface area contributed by atoms with E-state index in [0.717, 1.165) is 19.4 Å². The van der Waals surface area contributed by atoms with E-state index in [1.54, 1.807) is 0 Å². The predicted octanol–water partition coefficient (Wildman–Crippen LogP) is 2.42. The van der Waals surface area contributed by atoms with Crippen molar-refractivity contribution in [2.45, 2.75) is 38.0 Å². The van der Waals surface area contributed by atoms with E-state index in [4.69, 9.17) is 0 Å². The number of nitrogens with zero attached hydrogens (tertiary/aromatic N) is 1. The van der Waals surface area contributed by atoms with Gasteiger partial charge in [0.15, 0.2) is 0 Å². The van der Waals surface area contributed by atoms with Gasteiger partial charge in [-0.15, -0.1) is 0 Å². The fraction of sp³-hybridized carbons (Fsp3) is 0.917. The Balaban J connectivity index is 2.05. The fourth-order valence-corrected chi connectivity index (χ4v) is 2.95. The lowest BCUT2D eigenvalue weighted by Gasteiger charge is -2.44. The zero-order valence-corrected chi connectivity index (χ0v) is 9.97. The maximum atomic E-state index is 13.0. The zero-order valence-electron chi connectivity index (χ0n) is 9.97. The number of likely N-dealkylation sites (tertiary alicyclic amines) is 1. The summed E-state index contributed by atoms with van der Waals surface area (Å²) in [4.78, 5) is 1.94. The summed E-state index contributed by atoms with van der Waals surface area (Å²) in [5, 5.41) is 3.04. The summed E-state index contributed by atoms with van der Waals surface area (Å²) in [6, 6.07) is 0. The van der Waals surface area contributed by atoms with Crippen LogP contribution in [0, 0.1) is 18.8 Å². The molecule has 0 spiro atoms. The van der Waals surface area contributed by atoms with Crippen LogP contribution in [0.1, 0.15) is 25.7 Å². The number of rotatable bonds is 1. The summed E-state index contributed by atoms with van der Waals surface area (Å²) < 4.78 is 38.9. The highest BCUT2D eigenvalue weighted by atomic mass is 19.4. The van der Waals surface area contributed by atoms with Crippen LogP contribution in [0.2, 0.25) is 0 Å². The standard InChI is InChI=1S/C12H20F3N2/c1-9-4-3-7-17(8-9)11-10(12(13,14)15)5-2-6-16-11/h9-11,16H,1-8H2/t9-,10?,11?/m0/s1. The van der Waals surface area contributed by atoms with Gasteiger partial charge < -0.3 is 5.32 Å². The first-order valence-corrected chi connectivity index (χ1v) is 6.35. The molecule has 2 saturated heterocycles. The molecule has 1 N–H and O–H groups in total. The third-order valence-electron chi connectivity index (χ3n) is 3.79. The van der Waals surface area contributed by atoms with Crippen molar-refractivity contribution in [1.82, 2.24) is 10.2 Å². The molecule has 2 heterocycles. The number of nitrogens with one attached hydrogen (secondary N) is 1. The van der Waals surface area contributed by atoms with Crippen LogP contribution < -0.4 is 5.32 Å². The highest BCUT2D eigenvalue weighted by Crippen LogP contribution is 2.36. The van der Waals surface area contributed by atoms with Gasteiger partial charge in [-0.25, -0.2) is 0 Å². The molecule has 99 valence electrons. The summed E-state index contributed by atoms with van der Waals surface area (Å²) in [6.45, 7) is 6.11. The summed E-state index contributed by atoms with van der Waals surface area (Å²) in [5.74, 6) is -0.956. The van der Waals surface area contributed by atoms with Gasteiger partial charge in [0.2, 0.25) is 0 Å². The van der Waals surface area contributed by atoms with Gasteiger partial charge in [-0.2, -0.15) is 13.2 Å². The van der Waals surface area contributed by atoms with E-state index in [2.05, 4.69) is 12.2 Å². The van der Waals surface area contributed by atoms with Gasteiger partial charge in [0.1, 0.15) is 0 Å². The molecule has 17 heavy (non-hydrogen) atoms. The van der Waals surface area contributed by atoms with Crippen LogP contribution in [0.5, 0.6) is 0 Å². The van der Waals surface area contributed by atoms with Gasteiger partial charge in [0.25, 0.3) is 0 Å². The SMILES string of the molecule is [CH2][C@H]1CCCN(C2NCCCC2C(F)(F)F)C1. The monoisotopic (exact) mass is 249 g/mol. The molecule has 3 atom stereocenters. The molecule has 0 amide bonds. The van der Waals surface area contributed by atoms with E-state index < -0.39 is 18.3 Å². The van der Waals surface area contributed by atoms with Crippen molar-refractivity contribution < 1.29 is 13.2 Å². The molecule has 2 fully saturated rings. The minimum atomic E-state index is -4.09. The van der Waals surface area contributed by atoms with E-state index in [1.807, 2.05) is 4.90 Å². The molecule has 0 aliphatic carbocycles. The molecule has 2 unspecified atom stereocenters. The lowest BCUT2D eigenvalue weighted by molar-refractivity contribution is -0.203. The third-order valence-corrected chi connectivity index (χ3v) is 3.79. The minimum Gasteiger partial charge on any atom is -0.301 e. The van der Waals surface area contributed by atoms with Gasteiger partial charge in [-0.3, -0.25) is 4.90 Å². The first-order chi connectivity index (χ1) is 7.98. The molecule has 2 rings (SSSR count). The van der Waals surface area contributed by atoms with Crippen molar-refractivity contribution >= 4 is 0 Å². The first kappa shape index (κ1) is 13.1. The summed E-state index contributed by atoms with van der Waals surface area (Å²) in [5.41, 5.74) is 0. The normalized spacial score (nSPS) is 37.1. The van der Waals surface area contributed by atoms with E-state index >= 15 is 0 Å². The van der Waals surface area contributed by atoms with Crippen molar-refractivity contribution in [3.8, 4) is 0 Å². The van der Waals surface area contributed by atoms with E-state index in [1.165, 1.54) is 0 Å². The number of hydrogen-bond donors (Lipinski definition) is 1. The van der Waals surface area contributed by atoms with Crippen molar-refractivity contribution in [3.05, 3.63) is 6.92 Å². The van der Waals surface area contributed by atoms with Crippen molar-refractivity contribution in [2.75, 3.05) is 19.6 Å². The summed E-state index contributed by atoms with van der Waals surface area (Å²) in [6.07, 6.45) is -1.78. The second-order valence-corrected chi connectivity index (χ2v) is 5.19. The summed E-state index contributed by atoms with van der Waals surface area (Å²) in [7, 11) is 0. The van der Waals surface area contributed by atoms with Gasteiger partial charge >= 0.3 is 6.18 Å². The summed E-state index contributed by atoms with van der Waals surface area (Å²) >= 11 is 0. The maximum Gasteiger partial charge on any atom is 0.394 e. The molecule has 5 heteroatoms. The van der Waals surface area contributed by atoms with Crippen LogP contribution in [-0.4, -0.2) is 36.9 Å². The molecule has 0 aromatic rings. The Bertz CT molecular complexity index is 255. The molecule has 0 aromatic heterocycles. The van der Waals surface area contributed by atoms with Crippen molar-refractivity contribution in [3.63, 3.8) is 0 Å². The van der Waals surface area contributed by atoms with Gasteiger partial charge in [-0.05, 0) is 51.6 Å². The van der Waals surface area contributed by atoms with Gasteiger partial charge in [-0.1, -0.05) is 0 Å². The Labute approximate surface area is 101 Å². The average Bonchev–Trinajstić information content (AvgIpc) is 2.28. The molecular formula is C12H20F3N2. The van der Waals surface area contributed by atoms with Gasteiger partial charge in [0.05, 0.1) is 12.1 Å². The lowest BCUT2D eigenvalue weighted by Crippen LogP contribution is -2.59. The number of alkyl halides is 3. The van der Waals surface area contributed by atoms with E-state index in [0.29, 0.717) is 19.5 Å². The van der Waals surface area contributed by atoms with Crippen LogP contribution in [-0.2, 0) is 0 Å². The third kappa shape index (κ3) is 3.13. The molecule has 2 aliphatic rings. The number of piperidine rings is 2. The Hall–Kier alpha value is -0.290. The Kier molecular flexibility index (Phi) is 3.98. The fourth-order valence-electron chi connectivity index (χ4n) is 2.95. The smallest absolute Gasteiger partial charge is 0.301 e. The van der Waals surface area contributed by atoms with Crippen molar-refractivity contribution in [2.24, 2.45) is 11.8 Å². The number of hydrogen-bond acceptors (Lipinski definition) is 2. The lowest BCUT2D eigenvalue weighted by atomic mass is 9.91. The van der Waals surface area contributed by atoms with Crippen LogP contribution >= 0.6 is 0 Å². The molecular weight excluding hydrogens is 229 g/mol. The minimum absolute atomic E-state index is 0.249. The highest BCUT2D eigenvalue weighted by Gasteiger charge is 2.47. The maximum absolute atomic E-state index is 13.0. The zero-order chi connectivity index (χ0) is 12.5. The van der Waals surface area contributed by atoms with Crippen LogP contribution in [0.25, 0.3) is 0 Å². The largest absolute Gasteiger partial charge is 0.394 e. The highest BCUT2D eigenvalue weighted by molar-refractivity contribution is 4.88. The molecule has 2 nitrogen and oxygen atoms in total. The second kappa shape index (κ2) is 5.14. The topological polar surface area (TPSA) is 15.3 Å². The second-order valence-electron chi connectivity index (χ2n) is 5.19. The van der Waals surface area contributed by atoms with Crippen LogP contribution in [0.4, 0.5) is 13.2 Å². The molecule has 0 saturated carbocycles. The van der Waals surface area contributed by atoms with Crippen molar-refractivity contribution in [1.29, 1.82) is 0 Å². The Morgan fingerprint density at radius 1 is 1.18 bits per heavy atom. The van der Waals surface area contributed by atoms with Crippen LogP contribution in [0.3, 0.4) is 0 Å². The van der Waals surface area contributed by atoms with Crippen LogP contribution in [0.15, 0.2) is 0 Å². The molecule has 2 aliphatic heterocycles. The molecule has 0 bridgehead atoms. The molecule has 1 radical (unpaired) electrons. The quantitative estimate of drug-likeness (QED) is 0.767. The van der Waals surface area contributed by atoms with Gasteiger partial charge in [0, 0.05) is 6.54 Å². The number of halogens is 3. The van der Waals surface area contributed by atoms with E-state index in [-0.39, 0.29) is 12.3 Å². The first-order valence-electron chi connectivity index (χ1n) is 6.35. The Morgan fingerprint density at radius 3 is 2.59 bits per heavy atom. The van der Waals surface area contributed by atoms with E-state index in [9.17, 15) is 13.2 Å².